The monoisotopic (exact) mass is 553 g/mol. The highest BCUT2D eigenvalue weighted by atomic mass is 32.2. The molecular formula is C27H31N5O6S. The van der Waals surface area contributed by atoms with E-state index in [0.717, 1.165) is 18.4 Å². The average molecular weight is 554 g/mol. The van der Waals surface area contributed by atoms with Crippen molar-refractivity contribution in [2.24, 2.45) is 7.05 Å². The number of amides is 1. The van der Waals surface area contributed by atoms with E-state index >= 15 is 0 Å². The Bertz CT molecular complexity index is 1610. The summed E-state index contributed by atoms with van der Waals surface area (Å²) in [5, 5.41) is 12.2. The number of aromatic nitrogens is 2. The molecule has 12 heteroatoms. The molecule has 1 aliphatic carbocycles. The number of carbonyl (C=O) groups excluding carboxylic acids is 1. The van der Waals surface area contributed by atoms with Crippen LogP contribution in [0.5, 0.6) is 5.88 Å². The smallest absolute Gasteiger partial charge is 0.263 e. The third-order valence-electron chi connectivity index (χ3n) is 7.22. The topological polar surface area (TPSA) is 144 Å². The van der Waals surface area contributed by atoms with E-state index in [0.29, 0.717) is 42.5 Å². The summed E-state index contributed by atoms with van der Waals surface area (Å²) in [6, 6.07) is 12.0. The molecule has 0 atom stereocenters. The van der Waals surface area contributed by atoms with Gasteiger partial charge in [0, 0.05) is 39.8 Å². The minimum atomic E-state index is -3.65. The van der Waals surface area contributed by atoms with Gasteiger partial charge in [-0.05, 0) is 55.5 Å². The van der Waals surface area contributed by atoms with Gasteiger partial charge < -0.3 is 19.4 Å². The van der Waals surface area contributed by atoms with Crippen LogP contribution < -0.4 is 15.6 Å². The number of nitrogens with zero attached hydrogens (tertiary/aromatic N) is 4. The Labute approximate surface area is 227 Å². The van der Waals surface area contributed by atoms with Crippen molar-refractivity contribution in [2.75, 3.05) is 26.5 Å². The van der Waals surface area contributed by atoms with Crippen molar-refractivity contribution in [3.8, 4) is 11.9 Å². The number of sulfonamides is 1. The fourth-order valence-electron chi connectivity index (χ4n) is 4.65. The molecular weight excluding hydrogens is 522 g/mol. The molecule has 2 aromatic heterocycles. The van der Waals surface area contributed by atoms with Crippen LogP contribution in [0.4, 0.5) is 0 Å². The van der Waals surface area contributed by atoms with Gasteiger partial charge in [0.25, 0.3) is 11.5 Å². The lowest BCUT2D eigenvalue weighted by Crippen LogP contribution is -2.44. The Kier molecular flexibility index (Phi) is 7.40. The van der Waals surface area contributed by atoms with Gasteiger partial charge in [0.15, 0.2) is 0 Å². The van der Waals surface area contributed by atoms with Gasteiger partial charge in [0.1, 0.15) is 29.2 Å². The molecule has 1 saturated carbocycles. The third-order valence-corrected chi connectivity index (χ3v) is 9.81. The quantitative estimate of drug-likeness (QED) is 0.448. The minimum Gasteiger partial charge on any atom is -0.474 e. The van der Waals surface area contributed by atoms with Crippen LogP contribution in [0.25, 0.3) is 10.9 Å². The molecule has 2 aliphatic rings. The molecule has 0 spiro atoms. The summed E-state index contributed by atoms with van der Waals surface area (Å²) in [7, 11) is -2.13. The lowest BCUT2D eigenvalue weighted by Gasteiger charge is -2.26. The van der Waals surface area contributed by atoms with E-state index in [-0.39, 0.29) is 32.8 Å². The number of aryl methyl sites for hydroxylation is 1. The van der Waals surface area contributed by atoms with E-state index in [4.69, 9.17) is 14.7 Å². The third kappa shape index (κ3) is 5.25. The number of ether oxygens (including phenoxy) is 2. The zero-order valence-corrected chi connectivity index (χ0v) is 22.4. The molecule has 11 nitrogen and oxygen atoms in total. The standard InChI is InChI=1S/C27H29N5O6S.H2/c1-31-23-21(14-22(26(31)34)24(33)30-16-20-6-4-19(15-28)5-7-20)8-11-29-25(23)38-17-27(9-10-27)39(35,36)32-12-2-3-13-37-18-32;/h4-8,11,14H,2-3,9-10,12-13,16-18H2,1H3,(H,30,33);1H. The number of benzene rings is 1. The predicted molar refractivity (Wildman–Crippen MR) is 145 cm³/mol. The van der Waals surface area contributed by atoms with Crippen molar-refractivity contribution in [3.63, 3.8) is 0 Å². The van der Waals surface area contributed by atoms with Crippen LogP contribution >= 0.6 is 0 Å². The van der Waals surface area contributed by atoms with Gasteiger partial charge in [-0.15, -0.1) is 0 Å². The summed E-state index contributed by atoms with van der Waals surface area (Å²) in [5.74, 6) is -0.408. The lowest BCUT2D eigenvalue weighted by atomic mass is 10.1. The van der Waals surface area contributed by atoms with Crippen LogP contribution in [-0.4, -0.2) is 59.4 Å². The van der Waals surface area contributed by atoms with Gasteiger partial charge in [0.05, 0.1) is 11.6 Å². The Morgan fingerprint density at radius 2 is 2.03 bits per heavy atom. The summed E-state index contributed by atoms with van der Waals surface area (Å²) in [5.41, 5.74) is 1.10. The van der Waals surface area contributed by atoms with Crippen LogP contribution in [0.2, 0.25) is 0 Å². The largest absolute Gasteiger partial charge is 0.474 e. The Hall–Kier alpha value is -3.79. The van der Waals surface area contributed by atoms with Gasteiger partial charge in [-0.2, -0.15) is 9.57 Å². The van der Waals surface area contributed by atoms with Gasteiger partial charge in [0.2, 0.25) is 15.9 Å². The highest BCUT2D eigenvalue weighted by Gasteiger charge is 2.58. The molecule has 0 radical (unpaired) electrons. The van der Waals surface area contributed by atoms with Crippen molar-refractivity contribution in [2.45, 2.75) is 37.0 Å². The number of nitriles is 1. The van der Waals surface area contributed by atoms with E-state index in [1.54, 1.807) is 30.3 Å². The first kappa shape index (κ1) is 26.8. The highest BCUT2D eigenvalue weighted by molar-refractivity contribution is 7.90. The van der Waals surface area contributed by atoms with Gasteiger partial charge in [-0.1, -0.05) is 12.1 Å². The molecule has 39 heavy (non-hydrogen) atoms. The number of carbonyl (C=O) groups is 1. The number of rotatable bonds is 8. The lowest BCUT2D eigenvalue weighted by molar-refractivity contribution is 0.0900. The summed E-state index contributed by atoms with van der Waals surface area (Å²) < 4.78 is 39.8. The van der Waals surface area contributed by atoms with E-state index in [1.807, 2.05) is 6.07 Å². The van der Waals surface area contributed by atoms with Crippen LogP contribution in [0, 0.1) is 11.3 Å². The van der Waals surface area contributed by atoms with Crippen molar-refractivity contribution < 1.29 is 24.1 Å². The fraction of sp³-hybridized carbons (Fsp3) is 0.407. The molecule has 0 unspecified atom stereocenters. The molecule has 1 N–H and O–H groups in total. The second-order valence-electron chi connectivity index (χ2n) is 9.86. The van der Waals surface area contributed by atoms with Gasteiger partial charge >= 0.3 is 0 Å². The molecule has 3 heterocycles. The second kappa shape index (κ2) is 10.8. The molecule has 1 saturated heterocycles. The maximum absolute atomic E-state index is 13.4. The Morgan fingerprint density at radius 3 is 2.74 bits per heavy atom. The molecule has 1 amide bonds. The highest BCUT2D eigenvalue weighted by Crippen LogP contribution is 2.46. The van der Waals surface area contributed by atoms with E-state index in [9.17, 15) is 18.0 Å². The van der Waals surface area contributed by atoms with E-state index < -0.39 is 26.2 Å². The Balaban J connectivity index is 0.00000370. The maximum atomic E-state index is 13.4. The number of hydrogen-bond acceptors (Lipinski definition) is 8. The second-order valence-corrected chi connectivity index (χ2v) is 12.2. The molecule has 1 aromatic carbocycles. The van der Waals surface area contributed by atoms with E-state index in [2.05, 4.69) is 10.3 Å². The minimum absolute atomic E-state index is 0. The van der Waals surface area contributed by atoms with Crippen molar-refractivity contribution in [3.05, 3.63) is 69.6 Å². The summed E-state index contributed by atoms with van der Waals surface area (Å²) in [6.07, 6.45) is 4.00. The van der Waals surface area contributed by atoms with Crippen LogP contribution in [0.1, 0.15) is 48.6 Å². The molecule has 0 bridgehead atoms. The van der Waals surface area contributed by atoms with Crippen molar-refractivity contribution >= 4 is 26.8 Å². The summed E-state index contributed by atoms with van der Waals surface area (Å²) in [6.45, 7) is 1.09. The average Bonchev–Trinajstić information content (AvgIpc) is 3.78. The van der Waals surface area contributed by atoms with Gasteiger partial charge in [-0.3, -0.25) is 9.59 Å². The van der Waals surface area contributed by atoms with Crippen molar-refractivity contribution in [1.82, 2.24) is 19.2 Å². The normalized spacial score (nSPS) is 17.2. The number of hydrogen-bond donors (Lipinski definition) is 1. The van der Waals surface area contributed by atoms with Gasteiger partial charge in [-0.25, -0.2) is 13.4 Å². The first-order valence-electron chi connectivity index (χ1n) is 12.7. The number of nitrogens with one attached hydrogen (secondary N) is 1. The zero-order valence-electron chi connectivity index (χ0n) is 21.6. The zero-order chi connectivity index (χ0) is 27.6. The first-order chi connectivity index (χ1) is 18.8. The van der Waals surface area contributed by atoms with Crippen molar-refractivity contribution in [1.29, 1.82) is 5.26 Å². The van der Waals surface area contributed by atoms with Crippen LogP contribution in [-0.2, 0) is 28.4 Å². The van der Waals surface area contributed by atoms with E-state index in [1.165, 1.54) is 28.2 Å². The van der Waals surface area contributed by atoms with Crippen LogP contribution in [0.3, 0.4) is 0 Å². The predicted octanol–water partition coefficient (Wildman–Crippen LogP) is 2.29. The summed E-state index contributed by atoms with van der Waals surface area (Å²) >= 11 is 0. The maximum Gasteiger partial charge on any atom is 0.263 e. The number of pyridine rings is 2. The molecule has 2 fully saturated rings. The molecule has 206 valence electrons. The molecule has 5 rings (SSSR count). The first-order valence-corrected chi connectivity index (χ1v) is 14.2. The SMILES string of the molecule is Cn1c(=O)c(C(=O)NCc2ccc(C#N)cc2)cc2ccnc(OCC3(S(=O)(=O)N4CCCCOC4)CC3)c21.[HH]. The number of fused-ring (bicyclic) bond motifs is 1. The fourth-order valence-corrected chi connectivity index (χ4v) is 6.60. The van der Waals surface area contributed by atoms with Crippen LogP contribution in [0.15, 0.2) is 47.4 Å². The molecule has 3 aromatic rings. The summed E-state index contributed by atoms with van der Waals surface area (Å²) in [4.78, 5) is 30.3. The molecule has 1 aliphatic heterocycles. The Morgan fingerprint density at radius 1 is 1.26 bits per heavy atom.